The number of anilines is 1. The number of hydrogen-bond acceptors (Lipinski definition) is 8. The van der Waals surface area contributed by atoms with E-state index in [1.54, 1.807) is 53.8 Å². The number of rotatable bonds is 7. The van der Waals surface area contributed by atoms with Crippen LogP contribution < -0.4 is 5.32 Å². The molecular weight excluding hydrogens is 508 g/mol. The van der Waals surface area contributed by atoms with Crippen LogP contribution >= 0.6 is 23.1 Å². The Morgan fingerprint density at radius 3 is 2.54 bits per heavy atom. The predicted molar refractivity (Wildman–Crippen MR) is 141 cm³/mol. The standard InChI is InChI=1S/C27H22N4O4S2/c32-23(28-16-9-10-20-21(13-16)25(34)19-7-2-1-6-18(19)24(20)33)15-37-27-30-29-26(22-8-4-12-36-22)31(27)14-17-5-3-11-35-17/h1-2,4,6-10,12-13,17H,3,5,11,14-15H2,(H,28,32)/t17-/m1/s1. The van der Waals surface area contributed by atoms with Crippen molar-refractivity contribution >= 4 is 46.3 Å². The number of benzene rings is 2. The molecule has 2 aromatic carbocycles. The van der Waals surface area contributed by atoms with Crippen LogP contribution in [0.15, 0.2) is 65.1 Å². The molecule has 1 aliphatic carbocycles. The highest BCUT2D eigenvalue weighted by Crippen LogP contribution is 2.31. The Morgan fingerprint density at radius 1 is 1.03 bits per heavy atom. The Morgan fingerprint density at radius 2 is 1.81 bits per heavy atom. The minimum Gasteiger partial charge on any atom is -0.376 e. The molecule has 1 fully saturated rings. The zero-order chi connectivity index (χ0) is 25.4. The number of ketones is 2. The first kappa shape index (κ1) is 23.8. The maximum atomic E-state index is 13.0. The second-order valence-corrected chi connectivity index (χ2v) is 10.7. The number of thiophene rings is 1. The molecular formula is C27H22N4O4S2. The Labute approximate surface area is 221 Å². The molecule has 0 radical (unpaired) electrons. The van der Waals surface area contributed by atoms with Crippen molar-refractivity contribution in [3.8, 4) is 10.7 Å². The van der Waals surface area contributed by atoms with Crippen molar-refractivity contribution in [3.63, 3.8) is 0 Å². The molecule has 10 heteroatoms. The van der Waals surface area contributed by atoms with Crippen molar-refractivity contribution in [1.29, 1.82) is 0 Å². The zero-order valence-corrected chi connectivity index (χ0v) is 21.3. The number of carbonyl (C=O) groups is 3. The summed E-state index contributed by atoms with van der Waals surface area (Å²) < 4.78 is 7.86. The Balaban J connectivity index is 1.17. The van der Waals surface area contributed by atoms with E-state index in [4.69, 9.17) is 4.74 Å². The van der Waals surface area contributed by atoms with Gasteiger partial charge in [-0.1, -0.05) is 42.1 Å². The molecule has 0 saturated carbocycles. The number of carbonyl (C=O) groups excluding carboxylic acids is 3. The van der Waals surface area contributed by atoms with Gasteiger partial charge in [-0.05, 0) is 42.5 Å². The van der Waals surface area contributed by atoms with Crippen molar-refractivity contribution in [3.05, 3.63) is 82.2 Å². The van der Waals surface area contributed by atoms with Crippen LogP contribution in [0.5, 0.6) is 0 Å². The molecule has 8 nitrogen and oxygen atoms in total. The van der Waals surface area contributed by atoms with E-state index in [0.717, 1.165) is 30.2 Å². The van der Waals surface area contributed by atoms with Crippen LogP contribution in [0.3, 0.4) is 0 Å². The summed E-state index contributed by atoms with van der Waals surface area (Å²) in [5.74, 6) is 0.224. The summed E-state index contributed by atoms with van der Waals surface area (Å²) in [6, 6.07) is 15.6. The lowest BCUT2D eigenvalue weighted by Gasteiger charge is -2.18. The first-order valence-electron chi connectivity index (χ1n) is 11.9. The first-order chi connectivity index (χ1) is 18.1. The van der Waals surface area contributed by atoms with Crippen molar-refractivity contribution in [2.24, 2.45) is 0 Å². The number of fused-ring (bicyclic) bond motifs is 2. The highest BCUT2D eigenvalue weighted by atomic mass is 32.2. The van der Waals surface area contributed by atoms with Gasteiger partial charge in [-0.2, -0.15) is 0 Å². The molecule has 1 atom stereocenters. The number of ether oxygens (including phenoxy) is 1. The summed E-state index contributed by atoms with van der Waals surface area (Å²) in [6.07, 6.45) is 2.12. The van der Waals surface area contributed by atoms with Crippen molar-refractivity contribution < 1.29 is 19.1 Å². The van der Waals surface area contributed by atoms with Gasteiger partial charge in [-0.25, -0.2) is 0 Å². The van der Waals surface area contributed by atoms with Gasteiger partial charge in [0, 0.05) is 34.5 Å². The molecule has 2 aliphatic rings. The molecule has 1 aliphatic heterocycles. The van der Waals surface area contributed by atoms with Crippen molar-refractivity contribution in [2.45, 2.75) is 30.6 Å². The fourth-order valence-corrected chi connectivity index (χ4v) is 6.11. The number of hydrogen-bond donors (Lipinski definition) is 1. The van der Waals surface area contributed by atoms with E-state index < -0.39 is 0 Å². The van der Waals surface area contributed by atoms with Crippen molar-refractivity contribution in [1.82, 2.24) is 14.8 Å². The Kier molecular flexibility index (Phi) is 6.45. The number of amides is 1. The molecule has 6 rings (SSSR count). The lowest BCUT2D eigenvalue weighted by atomic mass is 9.84. The summed E-state index contributed by atoms with van der Waals surface area (Å²) in [5, 5.41) is 14.2. The van der Waals surface area contributed by atoms with E-state index in [9.17, 15) is 14.4 Å². The van der Waals surface area contributed by atoms with Gasteiger partial charge in [0.15, 0.2) is 22.5 Å². The topological polar surface area (TPSA) is 103 Å². The SMILES string of the molecule is O=C(CSc1nnc(-c2cccs2)n1C[C@H]1CCCO1)Nc1ccc2c(c1)C(=O)c1ccccc1C2=O. The van der Waals surface area contributed by atoms with Gasteiger partial charge in [-0.15, -0.1) is 21.5 Å². The summed E-state index contributed by atoms with van der Waals surface area (Å²) >= 11 is 2.89. The fourth-order valence-electron chi connectivity index (χ4n) is 4.64. The fraction of sp³-hybridized carbons (Fsp3) is 0.222. The summed E-state index contributed by atoms with van der Waals surface area (Å²) in [7, 11) is 0. The van der Waals surface area contributed by atoms with Crippen LogP contribution in [-0.2, 0) is 16.1 Å². The highest BCUT2D eigenvalue weighted by Gasteiger charge is 2.29. The van der Waals surface area contributed by atoms with E-state index in [1.807, 2.05) is 22.1 Å². The minimum absolute atomic E-state index is 0.101. The summed E-state index contributed by atoms with van der Waals surface area (Å²) in [6.45, 7) is 1.39. The molecule has 3 heterocycles. The van der Waals surface area contributed by atoms with Gasteiger partial charge in [0.1, 0.15) is 0 Å². The molecule has 0 bridgehead atoms. The average Bonchev–Trinajstić information content (AvgIpc) is 3.69. The molecule has 37 heavy (non-hydrogen) atoms. The lowest BCUT2D eigenvalue weighted by molar-refractivity contribution is -0.113. The third-order valence-electron chi connectivity index (χ3n) is 6.41. The minimum atomic E-state index is -0.246. The van der Waals surface area contributed by atoms with Crippen LogP contribution in [-0.4, -0.2) is 50.7 Å². The molecule has 1 N–H and O–H groups in total. The maximum Gasteiger partial charge on any atom is 0.234 e. The van der Waals surface area contributed by atoms with Crippen LogP contribution in [0, 0.1) is 0 Å². The zero-order valence-electron chi connectivity index (χ0n) is 19.7. The van der Waals surface area contributed by atoms with E-state index >= 15 is 0 Å². The first-order valence-corrected chi connectivity index (χ1v) is 13.8. The lowest BCUT2D eigenvalue weighted by Crippen LogP contribution is -2.22. The van der Waals surface area contributed by atoms with Gasteiger partial charge >= 0.3 is 0 Å². The van der Waals surface area contributed by atoms with E-state index in [-0.39, 0.29) is 29.3 Å². The molecule has 2 aromatic heterocycles. The Hall–Kier alpha value is -3.60. The number of thioether (sulfide) groups is 1. The van der Waals surface area contributed by atoms with Gasteiger partial charge in [-0.3, -0.25) is 19.0 Å². The second-order valence-electron chi connectivity index (χ2n) is 8.83. The normalized spacial score (nSPS) is 16.5. The predicted octanol–water partition coefficient (Wildman–Crippen LogP) is 4.69. The molecule has 1 amide bonds. The largest absolute Gasteiger partial charge is 0.376 e. The van der Waals surface area contributed by atoms with Crippen LogP contribution in [0.1, 0.15) is 44.7 Å². The maximum absolute atomic E-state index is 13.0. The van der Waals surface area contributed by atoms with E-state index in [0.29, 0.717) is 39.6 Å². The third-order valence-corrected chi connectivity index (χ3v) is 8.24. The number of aromatic nitrogens is 3. The quantitative estimate of drug-likeness (QED) is 0.305. The van der Waals surface area contributed by atoms with Gasteiger partial charge in [0.2, 0.25) is 5.91 Å². The summed E-state index contributed by atoms with van der Waals surface area (Å²) in [5.41, 5.74) is 1.89. The van der Waals surface area contributed by atoms with Crippen LogP contribution in [0.2, 0.25) is 0 Å². The van der Waals surface area contributed by atoms with E-state index in [1.165, 1.54) is 11.8 Å². The number of nitrogens with zero attached hydrogens (tertiary/aromatic N) is 3. The monoisotopic (exact) mass is 530 g/mol. The smallest absolute Gasteiger partial charge is 0.234 e. The molecule has 4 aromatic rings. The van der Waals surface area contributed by atoms with Gasteiger partial charge in [0.05, 0.1) is 23.3 Å². The van der Waals surface area contributed by atoms with Crippen LogP contribution in [0.4, 0.5) is 5.69 Å². The molecule has 0 spiro atoms. The molecule has 1 saturated heterocycles. The molecule has 186 valence electrons. The van der Waals surface area contributed by atoms with Crippen LogP contribution in [0.25, 0.3) is 10.7 Å². The summed E-state index contributed by atoms with van der Waals surface area (Å²) in [4.78, 5) is 39.6. The third kappa shape index (κ3) is 4.63. The van der Waals surface area contributed by atoms with Crippen molar-refractivity contribution in [2.75, 3.05) is 17.7 Å². The average molecular weight is 531 g/mol. The van der Waals surface area contributed by atoms with Gasteiger partial charge < -0.3 is 10.1 Å². The van der Waals surface area contributed by atoms with E-state index in [2.05, 4.69) is 15.5 Å². The molecule has 0 unspecified atom stereocenters. The highest BCUT2D eigenvalue weighted by molar-refractivity contribution is 7.99. The second kappa shape index (κ2) is 10.0. The Bertz CT molecular complexity index is 1510. The van der Waals surface area contributed by atoms with Gasteiger partial charge in [0.25, 0.3) is 0 Å². The number of nitrogens with one attached hydrogen (secondary N) is 1.